The summed E-state index contributed by atoms with van der Waals surface area (Å²) < 4.78 is 11.3. The van der Waals surface area contributed by atoms with Crippen LogP contribution in [0.5, 0.6) is 5.75 Å². The van der Waals surface area contributed by atoms with Crippen LogP contribution in [0.25, 0.3) is 0 Å². The van der Waals surface area contributed by atoms with E-state index in [9.17, 15) is 9.59 Å². The number of rotatable bonds is 9. The van der Waals surface area contributed by atoms with Crippen LogP contribution in [0.4, 0.5) is 17.1 Å². The van der Waals surface area contributed by atoms with Gasteiger partial charge in [0.15, 0.2) is 0 Å². The maximum atomic E-state index is 12.3. The molecule has 0 bridgehead atoms. The first-order chi connectivity index (χ1) is 14.1. The molecule has 3 N–H and O–H groups in total. The second-order valence-corrected chi connectivity index (χ2v) is 6.86. The minimum Gasteiger partial charge on any atom is -0.491 e. The summed E-state index contributed by atoms with van der Waals surface area (Å²) in [5, 5.41) is 8.69. The van der Waals surface area contributed by atoms with Crippen molar-refractivity contribution in [3.05, 3.63) is 48.5 Å². The van der Waals surface area contributed by atoms with Crippen LogP contribution >= 0.6 is 0 Å². The van der Waals surface area contributed by atoms with Gasteiger partial charge in [0.2, 0.25) is 11.8 Å². The van der Waals surface area contributed by atoms with Crippen molar-refractivity contribution in [2.45, 2.75) is 32.3 Å². The van der Waals surface area contributed by atoms with Crippen LogP contribution in [0.2, 0.25) is 0 Å². The van der Waals surface area contributed by atoms with E-state index in [1.165, 1.54) is 0 Å². The second-order valence-electron chi connectivity index (χ2n) is 6.86. The van der Waals surface area contributed by atoms with Gasteiger partial charge in [-0.05, 0) is 43.2 Å². The fraction of sp³-hybridized carbons (Fsp3) is 0.364. The Morgan fingerprint density at radius 1 is 1.03 bits per heavy atom. The molecule has 1 saturated heterocycles. The molecular weight excluding hydrogens is 370 g/mol. The molecule has 0 aliphatic carbocycles. The number of amides is 2. The van der Waals surface area contributed by atoms with Gasteiger partial charge >= 0.3 is 0 Å². The molecule has 1 unspecified atom stereocenters. The molecule has 2 amide bonds. The summed E-state index contributed by atoms with van der Waals surface area (Å²) in [7, 11) is 0. The van der Waals surface area contributed by atoms with Gasteiger partial charge in [-0.1, -0.05) is 19.1 Å². The van der Waals surface area contributed by atoms with Gasteiger partial charge in [0.1, 0.15) is 12.4 Å². The number of hydrogen-bond donors (Lipinski definition) is 3. The Morgan fingerprint density at radius 3 is 2.48 bits per heavy atom. The smallest absolute Gasteiger partial charge is 0.243 e. The Labute approximate surface area is 170 Å². The van der Waals surface area contributed by atoms with Crippen LogP contribution in [-0.4, -0.2) is 37.7 Å². The molecule has 1 aliphatic heterocycles. The van der Waals surface area contributed by atoms with E-state index in [1.54, 1.807) is 31.2 Å². The lowest BCUT2D eigenvalue weighted by Crippen LogP contribution is -2.22. The molecule has 2 aromatic rings. The Bertz CT molecular complexity index is 834. The Morgan fingerprint density at radius 2 is 1.76 bits per heavy atom. The third kappa shape index (κ3) is 6.80. The number of carbonyl (C=O) groups excluding carboxylic acids is 2. The highest BCUT2D eigenvalue weighted by Gasteiger charge is 2.16. The van der Waals surface area contributed by atoms with E-state index >= 15 is 0 Å². The Hall–Kier alpha value is -3.06. The van der Waals surface area contributed by atoms with Crippen molar-refractivity contribution in [2.75, 3.05) is 35.7 Å². The number of hydrogen-bond acceptors (Lipinski definition) is 5. The van der Waals surface area contributed by atoms with Crippen LogP contribution < -0.4 is 20.7 Å². The molecule has 7 nitrogen and oxygen atoms in total. The van der Waals surface area contributed by atoms with Crippen LogP contribution in [0.15, 0.2) is 48.5 Å². The summed E-state index contributed by atoms with van der Waals surface area (Å²) in [6.07, 6.45) is 2.67. The SMILES string of the molecule is CCC(=O)Nc1cccc(NC(=O)CNc2cccc(OCC3CCCO3)c2)c1. The quantitative estimate of drug-likeness (QED) is 0.601. The largest absolute Gasteiger partial charge is 0.491 e. The molecule has 1 aliphatic rings. The van der Waals surface area contributed by atoms with E-state index in [1.807, 2.05) is 24.3 Å². The molecule has 2 aromatic carbocycles. The zero-order valence-electron chi connectivity index (χ0n) is 16.6. The van der Waals surface area contributed by atoms with Crippen molar-refractivity contribution < 1.29 is 19.1 Å². The monoisotopic (exact) mass is 397 g/mol. The molecule has 0 spiro atoms. The summed E-state index contributed by atoms with van der Waals surface area (Å²) in [5.41, 5.74) is 2.08. The summed E-state index contributed by atoms with van der Waals surface area (Å²) in [6.45, 7) is 3.24. The van der Waals surface area contributed by atoms with E-state index in [4.69, 9.17) is 9.47 Å². The minimum absolute atomic E-state index is 0.0725. The van der Waals surface area contributed by atoms with Gasteiger partial charge in [0.25, 0.3) is 0 Å². The van der Waals surface area contributed by atoms with Crippen molar-refractivity contribution in [3.8, 4) is 5.75 Å². The van der Waals surface area contributed by atoms with E-state index in [0.717, 1.165) is 30.9 Å². The molecule has 0 saturated carbocycles. The maximum Gasteiger partial charge on any atom is 0.243 e. The van der Waals surface area contributed by atoms with Crippen molar-refractivity contribution in [1.29, 1.82) is 0 Å². The fourth-order valence-electron chi connectivity index (χ4n) is 2.97. The molecule has 3 rings (SSSR count). The minimum atomic E-state index is -0.186. The number of anilines is 3. The van der Waals surface area contributed by atoms with Crippen molar-refractivity contribution >= 4 is 28.9 Å². The molecule has 7 heteroatoms. The van der Waals surface area contributed by atoms with Crippen molar-refractivity contribution in [2.24, 2.45) is 0 Å². The fourth-order valence-corrected chi connectivity index (χ4v) is 2.97. The molecule has 1 fully saturated rings. The number of carbonyl (C=O) groups is 2. The van der Waals surface area contributed by atoms with Crippen LogP contribution in [0.1, 0.15) is 26.2 Å². The lowest BCUT2D eigenvalue weighted by Gasteiger charge is -2.13. The highest BCUT2D eigenvalue weighted by atomic mass is 16.5. The number of benzene rings is 2. The van der Waals surface area contributed by atoms with Gasteiger partial charge in [-0.25, -0.2) is 0 Å². The molecular formula is C22H27N3O4. The standard InChI is InChI=1S/C22H27N3O4/c1-2-21(26)24-17-7-3-8-18(12-17)25-22(27)14-23-16-6-4-9-19(13-16)29-15-20-10-5-11-28-20/h3-4,6-9,12-13,20,23H,2,5,10-11,14-15H2,1H3,(H,24,26)(H,25,27). The maximum absolute atomic E-state index is 12.3. The molecule has 29 heavy (non-hydrogen) atoms. The van der Waals surface area contributed by atoms with Gasteiger partial charge in [-0.2, -0.15) is 0 Å². The topological polar surface area (TPSA) is 88.7 Å². The highest BCUT2D eigenvalue weighted by Crippen LogP contribution is 2.20. The summed E-state index contributed by atoms with van der Waals surface area (Å²) in [4.78, 5) is 23.7. The third-order valence-corrected chi connectivity index (χ3v) is 4.50. The predicted octanol–water partition coefficient (Wildman–Crippen LogP) is 3.64. The second kappa shape index (κ2) is 10.5. The molecule has 0 radical (unpaired) electrons. The average Bonchev–Trinajstić information content (AvgIpc) is 3.25. The average molecular weight is 397 g/mol. The van der Waals surface area contributed by atoms with Crippen LogP contribution in [0, 0.1) is 0 Å². The zero-order valence-corrected chi connectivity index (χ0v) is 16.6. The summed E-state index contributed by atoms with van der Waals surface area (Å²) >= 11 is 0. The van der Waals surface area contributed by atoms with E-state index in [0.29, 0.717) is 24.4 Å². The lowest BCUT2D eigenvalue weighted by molar-refractivity contribution is -0.116. The Kier molecular flexibility index (Phi) is 7.47. The van der Waals surface area contributed by atoms with Gasteiger partial charge in [-0.3, -0.25) is 9.59 Å². The number of ether oxygens (including phenoxy) is 2. The van der Waals surface area contributed by atoms with Crippen LogP contribution in [0.3, 0.4) is 0 Å². The molecule has 0 aromatic heterocycles. The zero-order chi connectivity index (χ0) is 20.5. The van der Waals surface area contributed by atoms with Gasteiger partial charge in [-0.15, -0.1) is 0 Å². The van der Waals surface area contributed by atoms with E-state index in [2.05, 4.69) is 16.0 Å². The van der Waals surface area contributed by atoms with E-state index in [-0.39, 0.29) is 24.5 Å². The first-order valence-electron chi connectivity index (χ1n) is 9.90. The van der Waals surface area contributed by atoms with Gasteiger partial charge in [0.05, 0.1) is 12.6 Å². The van der Waals surface area contributed by atoms with Gasteiger partial charge in [0, 0.05) is 36.2 Å². The van der Waals surface area contributed by atoms with Crippen molar-refractivity contribution in [1.82, 2.24) is 0 Å². The highest BCUT2D eigenvalue weighted by molar-refractivity contribution is 5.95. The van der Waals surface area contributed by atoms with Gasteiger partial charge < -0.3 is 25.4 Å². The predicted molar refractivity (Wildman–Crippen MR) is 113 cm³/mol. The van der Waals surface area contributed by atoms with Crippen LogP contribution in [-0.2, 0) is 14.3 Å². The Balaban J connectivity index is 1.47. The molecule has 1 atom stereocenters. The third-order valence-electron chi connectivity index (χ3n) is 4.50. The normalized spacial score (nSPS) is 15.6. The van der Waals surface area contributed by atoms with E-state index < -0.39 is 0 Å². The summed E-state index contributed by atoms with van der Waals surface area (Å²) in [6, 6.07) is 14.6. The molecule has 1 heterocycles. The number of nitrogens with one attached hydrogen (secondary N) is 3. The molecule has 154 valence electrons. The first kappa shape index (κ1) is 20.7. The first-order valence-corrected chi connectivity index (χ1v) is 9.90. The lowest BCUT2D eigenvalue weighted by atomic mass is 10.2. The van der Waals surface area contributed by atoms with Crippen molar-refractivity contribution in [3.63, 3.8) is 0 Å². The summed E-state index contributed by atoms with van der Waals surface area (Å²) in [5.74, 6) is 0.483.